The van der Waals surface area contributed by atoms with Gasteiger partial charge in [0, 0.05) is 5.56 Å². The number of halogens is 3. The van der Waals surface area contributed by atoms with Crippen LogP contribution in [0.3, 0.4) is 0 Å². The number of cyclic esters (lactones) is 1. The predicted molar refractivity (Wildman–Crippen MR) is 138 cm³/mol. The first-order valence-electron chi connectivity index (χ1n) is 9.88. The summed E-state index contributed by atoms with van der Waals surface area (Å²) >= 11 is 14.2. The predicted octanol–water partition coefficient (Wildman–Crippen LogP) is 6.84. The van der Waals surface area contributed by atoms with Crippen molar-refractivity contribution < 1.29 is 19.0 Å². The fraction of sp³-hybridized carbons (Fsp3) is 0.120. The van der Waals surface area contributed by atoms with E-state index in [0.717, 1.165) is 25.8 Å². The van der Waals surface area contributed by atoms with E-state index in [1.165, 1.54) is 0 Å². The van der Waals surface area contributed by atoms with E-state index in [-0.39, 0.29) is 5.70 Å². The lowest BCUT2D eigenvalue weighted by molar-refractivity contribution is -0.129. The lowest BCUT2D eigenvalue weighted by Crippen LogP contribution is -2.06. The third kappa shape index (κ3) is 5.34. The molecule has 1 heterocycles. The Hall–Kier alpha value is -2.55. The Bertz CT molecular complexity index is 1300. The van der Waals surface area contributed by atoms with Crippen LogP contribution in [0.4, 0.5) is 0 Å². The molecule has 1 aliphatic rings. The van der Waals surface area contributed by atoms with Gasteiger partial charge in [0.05, 0.1) is 20.7 Å². The fourth-order valence-corrected chi connectivity index (χ4v) is 4.34. The topological polar surface area (TPSA) is 57.1 Å². The van der Waals surface area contributed by atoms with Crippen molar-refractivity contribution in [2.75, 3.05) is 7.11 Å². The summed E-state index contributed by atoms with van der Waals surface area (Å²) in [6, 6.07) is 16.6. The molecule has 3 aromatic carbocycles. The van der Waals surface area contributed by atoms with Crippen LogP contribution >= 0.6 is 45.8 Å². The summed E-state index contributed by atoms with van der Waals surface area (Å²) in [6.07, 6.45) is 1.67. The smallest absolute Gasteiger partial charge is 0.363 e. The van der Waals surface area contributed by atoms with Crippen LogP contribution < -0.4 is 9.47 Å². The van der Waals surface area contributed by atoms with E-state index < -0.39 is 5.97 Å². The van der Waals surface area contributed by atoms with Crippen LogP contribution in [0.15, 0.2) is 65.3 Å². The van der Waals surface area contributed by atoms with Crippen LogP contribution in [0, 0.1) is 10.5 Å². The van der Waals surface area contributed by atoms with E-state index in [1.54, 1.807) is 31.4 Å². The van der Waals surface area contributed by atoms with E-state index in [9.17, 15) is 4.79 Å². The first-order valence-corrected chi connectivity index (χ1v) is 11.7. The highest BCUT2D eigenvalue weighted by Gasteiger charge is 2.25. The second kappa shape index (κ2) is 10.2. The first-order chi connectivity index (χ1) is 15.9. The van der Waals surface area contributed by atoms with Crippen molar-refractivity contribution in [3.8, 4) is 11.5 Å². The summed E-state index contributed by atoms with van der Waals surface area (Å²) in [5.41, 5.74) is 3.59. The Morgan fingerprint density at radius 1 is 1.09 bits per heavy atom. The number of ether oxygens (including phenoxy) is 3. The average Bonchev–Trinajstić information content (AvgIpc) is 3.15. The van der Waals surface area contributed by atoms with Crippen LogP contribution in [-0.4, -0.2) is 19.0 Å². The molecule has 0 atom stereocenters. The van der Waals surface area contributed by atoms with E-state index in [2.05, 4.69) is 27.6 Å². The van der Waals surface area contributed by atoms with Crippen molar-refractivity contribution in [2.45, 2.75) is 13.5 Å². The number of rotatable bonds is 6. The van der Waals surface area contributed by atoms with Gasteiger partial charge in [-0.1, -0.05) is 47.5 Å². The number of aryl methyl sites for hydroxylation is 1. The second-order valence-electron chi connectivity index (χ2n) is 7.22. The molecule has 4 rings (SSSR count). The zero-order valence-electron chi connectivity index (χ0n) is 17.7. The number of hydrogen-bond donors (Lipinski definition) is 0. The Morgan fingerprint density at radius 2 is 1.88 bits per heavy atom. The number of nitrogens with zero attached hydrogens (tertiary/aromatic N) is 1. The van der Waals surface area contributed by atoms with Crippen molar-refractivity contribution in [1.82, 2.24) is 0 Å². The molecule has 0 fully saturated rings. The lowest BCUT2D eigenvalue weighted by atomic mass is 10.1. The SMILES string of the molecule is COc1cc(/C=C2\N=C(c3ccccc3C)OC2=O)cc(I)c1OCc1ccc(Cl)c(Cl)c1. The van der Waals surface area contributed by atoms with Crippen molar-refractivity contribution in [3.05, 3.63) is 96.2 Å². The fourth-order valence-electron chi connectivity index (χ4n) is 3.24. The van der Waals surface area contributed by atoms with Crippen molar-refractivity contribution in [1.29, 1.82) is 0 Å². The Labute approximate surface area is 215 Å². The van der Waals surface area contributed by atoms with E-state index in [4.69, 9.17) is 37.4 Å². The standard InChI is InChI=1S/C25H18Cl2INO4/c1-14-5-3-4-6-17(14)24-29-21(25(30)33-24)11-16-10-20(28)23(22(12-16)31-2)32-13-15-7-8-18(26)19(27)9-15/h3-12H,13H2,1-2H3/b21-11-. The molecule has 0 aromatic heterocycles. The van der Waals surface area contributed by atoms with E-state index in [0.29, 0.717) is 34.0 Å². The minimum absolute atomic E-state index is 0.218. The Kier molecular flexibility index (Phi) is 7.26. The van der Waals surface area contributed by atoms with E-state index in [1.807, 2.05) is 43.3 Å². The molecule has 3 aromatic rings. The van der Waals surface area contributed by atoms with Gasteiger partial charge in [-0.3, -0.25) is 0 Å². The summed E-state index contributed by atoms with van der Waals surface area (Å²) in [4.78, 5) is 16.8. The summed E-state index contributed by atoms with van der Waals surface area (Å²) in [6.45, 7) is 2.23. The normalized spacial score (nSPS) is 14.3. The minimum atomic E-state index is -0.498. The number of aliphatic imine (C=N–C) groups is 1. The average molecular weight is 594 g/mol. The Balaban J connectivity index is 1.59. The van der Waals surface area contributed by atoms with Gasteiger partial charge in [0.15, 0.2) is 17.2 Å². The second-order valence-corrected chi connectivity index (χ2v) is 9.20. The molecule has 1 aliphatic heterocycles. The highest BCUT2D eigenvalue weighted by Crippen LogP contribution is 2.36. The molecule has 0 aliphatic carbocycles. The van der Waals surface area contributed by atoms with Crippen molar-refractivity contribution >= 4 is 63.7 Å². The third-order valence-corrected chi connectivity index (χ3v) is 6.46. The van der Waals surface area contributed by atoms with Crippen molar-refractivity contribution in [3.63, 3.8) is 0 Å². The van der Waals surface area contributed by atoms with Crippen LogP contribution in [0.5, 0.6) is 11.5 Å². The molecule has 0 bridgehead atoms. The maximum Gasteiger partial charge on any atom is 0.363 e. The molecule has 168 valence electrons. The van der Waals surface area contributed by atoms with Gasteiger partial charge in [0.2, 0.25) is 5.90 Å². The molecule has 8 heteroatoms. The van der Waals surface area contributed by atoms with Crippen LogP contribution in [0.25, 0.3) is 6.08 Å². The molecular weight excluding hydrogens is 576 g/mol. The zero-order chi connectivity index (χ0) is 23.5. The highest BCUT2D eigenvalue weighted by atomic mass is 127. The van der Waals surface area contributed by atoms with Gasteiger partial charge in [-0.05, 0) is 82.6 Å². The lowest BCUT2D eigenvalue weighted by Gasteiger charge is -2.14. The summed E-state index contributed by atoms with van der Waals surface area (Å²) in [5, 5.41) is 0.958. The molecule has 0 spiro atoms. The van der Waals surface area contributed by atoms with Gasteiger partial charge < -0.3 is 14.2 Å². The quantitative estimate of drug-likeness (QED) is 0.178. The molecule has 0 unspecified atom stereocenters. The van der Waals surface area contributed by atoms with E-state index >= 15 is 0 Å². The van der Waals surface area contributed by atoms with Gasteiger partial charge in [-0.2, -0.15) is 0 Å². The summed E-state index contributed by atoms with van der Waals surface area (Å²) in [5.74, 6) is 0.919. The number of carbonyl (C=O) groups excluding carboxylic acids is 1. The number of hydrogen-bond acceptors (Lipinski definition) is 5. The molecule has 0 radical (unpaired) electrons. The maximum absolute atomic E-state index is 12.4. The van der Waals surface area contributed by atoms with Crippen LogP contribution in [-0.2, 0) is 16.1 Å². The summed E-state index contributed by atoms with van der Waals surface area (Å²) in [7, 11) is 1.56. The maximum atomic E-state index is 12.4. The number of benzene rings is 3. The van der Waals surface area contributed by atoms with Gasteiger partial charge in [-0.15, -0.1) is 0 Å². The third-order valence-electron chi connectivity index (χ3n) is 4.92. The highest BCUT2D eigenvalue weighted by molar-refractivity contribution is 14.1. The van der Waals surface area contributed by atoms with Gasteiger partial charge in [0.25, 0.3) is 0 Å². The molecule has 0 amide bonds. The molecule has 0 N–H and O–H groups in total. The van der Waals surface area contributed by atoms with Gasteiger partial charge >= 0.3 is 5.97 Å². The molecule has 0 saturated heterocycles. The van der Waals surface area contributed by atoms with Crippen molar-refractivity contribution in [2.24, 2.45) is 4.99 Å². The molecule has 5 nitrogen and oxygen atoms in total. The van der Waals surface area contributed by atoms with Gasteiger partial charge in [0.1, 0.15) is 6.61 Å². The number of carbonyl (C=O) groups is 1. The van der Waals surface area contributed by atoms with Crippen LogP contribution in [0.1, 0.15) is 22.3 Å². The number of methoxy groups -OCH3 is 1. The molecule has 0 saturated carbocycles. The Morgan fingerprint density at radius 3 is 2.61 bits per heavy atom. The van der Waals surface area contributed by atoms with Gasteiger partial charge in [-0.25, -0.2) is 9.79 Å². The molecule has 33 heavy (non-hydrogen) atoms. The molecular formula is C25H18Cl2INO4. The first kappa shape index (κ1) is 23.6. The largest absolute Gasteiger partial charge is 0.493 e. The zero-order valence-corrected chi connectivity index (χ0v) is 21.4. The number of esters is 1. The minimum Gasteiger partial charge on any atom is -0.493 e. The monoisotopic (exact) mass is 593 g/mol. The summed E-state index contributed by atoms with van der Waals surface area (Å²) < 4.78 is 17.7. The van der Waals surface area contributed by atoms with Crippen LogP contribution in [0.2, 0.25) is 10.0 Å².